The van der Waals surface area contributed by atoms with E-state index in [4.69, 9.17) is 0 Å². The van der Waals surface area contributed by atoms with Crippen LogP contribution in [0.3, 0.4) is 0 Å². The smallest absolute Gasteiger partial charge is 0.362 e. The molecule has 2 rings (SSSR count). The highest BCUT2D eigenvalue weighted by Gasteiger charge is 2.02. The zero-order valence-corrected chi connectivity index (χ0v) is 5.84. The van der Waals surface area contributed by atoms with Crippen molar-refractivity contribution in [3.63, 3.8) is 0 Å². The number of benzene rings is 1. The minimum Gasteiger partial charge on any atom is -0.362 e. The first kappa shape index (κ1) is 6.46. The van der Waals surface area contributed by atoms with Crippen molar-refractivity contribution in [2.75, 3.05) is 0 Å². The van der Waals surface area contributed by atoms with Crippen LogP contribution < -0.4 is 5.46 Å². The zero-order chi connectivity index (χ0) is 7.68. The van der Waals surface area contributed by atoms with Crippen LogP contribution in [0.2, 0.25) is 0 Å². The van der Waals surface area contributed by atoms with Crippen molar-refractivity contribution in [2.24, 2.45) is 0 Å². The number of aromatic nitrogens is 1. The number of rotatable bonds is 1. The number of nitrogens with one attached hydrogen (secondary N) is 1. The van der Waals surface area contributed by atoms with Gasteiger partial charge in [0.15, 0.2) is 0 Å². The maximum atomic E-state index is 12.1. The van der Waals surface area contributed by atoms with Crippen LogP contribution >= 0.6 is 0 Å². The molecule has 0 fully saturated rings. The molecule has 1 aromatic heterocycles. The predicted octanol–water partition coefficient (Wildman–Crippen LogP) is 1.38. The van der Waals surface area contributed by atoms with Crippen LogP contribution in [-0.2, 0) is 0 Å². The summed E-state index contributed by atoms with van der Waals surface area (Å²) in [5, 5.41) is 0.926. The monoisotopic (exact) mass is 146 g/mol. The first-order valence-corrected chi connectivity index (χ1v) is 3.41. The second-order valence-corrected chi connectivity index (χ2v) is 2.40. The van der Waals surface area contributed by atoms with Crippen LogP contribution in [0.5, 0.6) is 0 Å². The molecule has 3 heteroatoms. The van der Waals surface area contributed by atoms with E-state index >= 15 is 0 Å². The number of para-hydroxylation sites is 1. The Morgan fingerprint density at radius 3 is 2.91 bits per heavy atom. The molecule has 2 aromatic rings. The van der Waals surface area contributed by atoms with Crippen LogP contribution in [-0.4, -0.2) is 12.5 Å². The fraction of sp³-hybridized carbons (Fsp3) is 0. The van der Waals surface area contributed by atoms with Crippen LogP contribution in [0.4, 0.5) is 4.32 Å². The largest absolute Gasteiger partial charge is 0.394 e. The molecular formula is C8H6BFN. The molecule has 0 atom stereocenters. The summed E-state index contributed by atoms with van der Waals surface area (Å²) in [6.07, 6.45) is 1.66. The van der Waals surface area contributed by atoms with Gasteiger partial charge in [-0.1, -0.05) is 18.2 Å². The van der Waals surface area contributed by atoms with Gasteiger partial charge in [-0.2, -0.15) is 0 Å². The Hall–Kier alpha value is -1.25. The third-order valence-corrected chi connectivity index (χ3v) is 1.74. The van der Waals surface area contributed by atoms with E-state index in [0.29, 0.717) is 13.0 Å². The first-order valence-electron chi connectivity index (χ1n) is 3.41. The van der Waals surface area contributed by atoms with Gasteiger partial charge < -0.3 is 9.30 Å². The topological polar surface area (TPSA) is 15.8 Å². The zero-order valence-electron chi connectivity index (χ0n) is 5.84. The van der Waals surface area contributed by atoms with Gasteiger partial charge in [-0.3, -0.25) is 0 Å². The average Bonchev–Trinajstić information content (AvgIpc) is 2.47. The van der Waals surface area contributed by atoms with Gasteiger partial charge in [0.25, 0.3) is 0 Å². The Morgan fingerprint density at radius 1 is 1.27 bits per heavy atom. The molecule has 0 amide bonds. The predicted molar refractivity (Wildman–Crippen MR) is 44.8 cm³/mol. The molecule has 0 aliphatic rings. The Bertz CT molecular complexity index is 369. The quantitative estimate of drug-likeness (QED) is 0.585. The maximum Gasteiger partial charge on any atom is 0.394 e. The number of H-pyrrole nitrogens is 1. The van der Waals surface area contributed by atoms with E-state index in [1.54, 1.807) is 6.20 Å². The fourth-order valence-corrected chi connectivity index (χ4v) is 1.18. The second kappa shape index (κ2) is 2.42. The lowest BCUT2D eigenvalue weighted by Crippen LogP contribution is -2.05. The maximum absolute atomic E-state index is 12.1. The lowest BCUT2D eigenvalue weighted by molar-refractivity contribution is 0.885. The summed E-state index contributed by atoms with van der Waals surface area (Å²) in [7, 11) is 0.610. The number of halogens is 1. The van der Waals surface area contributed by atoms with Gasteiger partial charge in [-0.05, 0) is 23.1 Å². The Morgan fingerprint density at radius 2 is 2.09 bits per heavy atom. The molecule has 11 heavy (non-hydrogen) atoms. The molecule has 0 aliphatic heterocycles. The Balaban J connectivity index is 2.76. The summed E-state index contributed by atoms with van der Waals surface area (Å²) < 4.78 is 12.1. The fourth-order valence-electron chi connectivity index (χ4n) is 1.18. The molecule has 1 N–H and O–H groups in total. The van der Waals surface area contributed by atoms with E-state index in [0.717, 1.165) is 10.9 Å². The van der Waals surface area contributed by atoms with Crippen molar-refractivity contribution >= 4 is 23.9 Å². The van der Waals surface area contributed by atoms with Gasteiger partial charge in [-0.15, -0.1) is 0 Å². The highest BCUT2D eigenvalue weighted by atomic mass is 19.1. The Labute approximate surface area is 64.5 Å². The van der Waals surface area contributed by atoms with E-state index in [1.165, 1.54) is 0 Å². The lowest BCUT2D eigenvalue weighted by Gasteiger charge is -1.88. The summed E-state index contributed by atoms with van der Waals surface area (Å²) in [5.41, 5.74) is 1.58. The summed E-state index contributed by atoms with van der Waals surface area (Å²) in [6.45, 7) is 0. The number of fused-ring (bicyclic) bond motifs is 1. The highest BCUT2D eigenvalue weighted by Crippen LogP contribution is 2.07. The Kier molecular flexibility index (Phi) is 1.42. The molecule has 0 spiro atoms. The average molecular weight is 146 g/mol. The summed E-state index contributed by atoms with van der Waals surface area (Å²) >= 11 is 0. The van der Waals surface area contributed by atoms with Crippen LogP contribution in [0, 0.1) is 0 Å². The van der Waals surface area contributed by atoms with Crippen molar-refractivity contribution in [2.45, 2.75) is 0 Å². The number of aromatic amines is 1. The van der Waals surface area contributed by atoms with E-state index < -0.39 is 0 Å². The summed E-state index contributed by atoms with van der Waals surface area (Å²) in [6, 6.07) is 7.61. The van der Waals surface area contributed by atoms with Gasteiger partial charge >= 0.3 is 7.56 Å². The third-order valence-electron chi connectivity index (χ3n) is 1.74. The molecule has 0 saturated carbocycles. The van der Waals surface area contributed by atoms with Crippen molar-refractivity contribution in [3.05, 3.63) is 30.5 Å². The molecule has 1 aromatic carbocycles. The standard InChI is InChI=1S/C8H6BFN/c10-9-7-5-11-8-4-2-1-3-6(7)8/h1-5,11H. The van der Waals surface area contributed by atoms with Crippen molar-refractivity contribution in [1.82, 2.24) is 4.98 Å². The molecule has 0 unspecified atom stereocenters. The second-order valence-electron chi connectivity index (χ2n) is 2.40. The number of hydrogen-bond donors (Lipinski definition) is 1. The van der Waals surface area contributed by atoms with Crippen LogP contribution in [0.15, 0.2) is 30.5 Å². The van der Waals surface area contributed by atoms with Gasteiger partial charge in [0.05, 0.1) is 0 Å². The van der Waals surface area contributed by atoms with Gasteiger partial charge in [0, 0.05) is 5.52 Å². The third kappa shape index (κ3) is 0.927. The lowest BCUT2D eigenvalue weighted by atomic mass is 9.91. The van der Waals surface area contributed by atoms with Crippen molar-refractivity contribution < 1.29 is 4.32 Å². The highest BCUT2D eigenvalue weighted by molar-refractivity contribution is 6.50. The molecular weight excluding hydrogens is 140 g/mol. The molecule has 1 nitrogen and oxygen atoms in total. The summed E-state index contributed by atoms with van der Waals surface area (Å²) in [4.78, 5) is 2.97. The molecule has 1 radical (unpaired) electrons. The van der Waals surface area contributed by atoms with Crippen LogP contribution in [0.1, 0.15) is 0 Å². The van der Waals surface area contributed by atoms with Gasteiger partial charge in [-0.25, -0.2) is 0 Å². The van der Waals surface area contributed by atoms with Gasteiger partial charge in [0.1, 0.15) is 0 Å². The van der Waals surface area contributed by atoms with Crippen molar-refractivity contribution in [1.29, 1.82) is 0 Å². The van der Waals surface area contributed by atoms with Crippen molar-refractivity contribution in [3.8, 4) is 0 Å². The van der Waals surface area contributed by atoms with E-state index in [-0.39, 0.29) is 0 Å². The van der Waals surface area contributed by atoms with E-state index in [2.05, 4.69) is 4.98 Å². The molecule has 1 heterocycles. The molecule has 53 valence electrons. The summed E-state index contributed by atoms with van der Waals surface area (Å²) in [5.74, 6) is 0. The molecule has 0 bridgehead atoms. The van der Waals surface area contributed by atoms with E-state index in [1.807, 2.05) is 24.3 Å². The SMILES string of the molecule is F[B]c1c[nH]c2ccccc12. The van der Waals surface area contributed by atoms with Crippen LogP contribution in [0.25, 0.3) is 10.9 Å². The molecule has 0 aliphatic carbocycles. The normalized spacial score (nSPS) is 10.3. The minimum atomic E-state index is 0.610. The molecule has 0 saturated heterocycles. The number of hydrogen-bond acceptors (Lipinski definition) is 0. The van der Waals surface area contributed by atoms with Gasteiger partial charge in [0.2, 0.25) is 0 Å². The minimum absolute atomic E-state index is 0.610. The first-order chi connectivity index (χ1) is 5.42. The van der Waals surface area contributed by atoms with E-state index in [9.17, 15) is 4.32 Å².